The van der Waals surface area contributed by atoms with Crippen molar-refractivity contribution >= 4 is 15.7 Å². The molecule has 0 bridgehead atoms. The zero-order chi connectivity index (χ0) is 21.8. The summed E-state index contributed by atoms with van der Waals surface area (Å²) in [5, 5.41) is 12.7. The van der Waals surface area contributed by atoms with Crippen LogP contribution in [0.4, 0.5) is 4.39 Å². The number of methoxy groups -OCH3 is 1. The normalized spacial score (nSPS) is 11.5. The molecule has 0 aliphatic heterocycles. The summed E-state index contributed by atoms with van der Waals surface area (Å²) in [5.41, 5.74) is 1.23. The van der Waals surface area contributed by atoms with Crippen molar-refractivity contribution in [1.29, 1.82) is 0 Å². The Labute approximate surface area is 177 Å². The molecule has 0 spiro atoms. The van der Waals surface area contributed by atoms with Gasteiger partial charge in [-0.25, -0.2) is 17.5 Å². The molecule has 0 radical (unpaired) electrons. The van der Waals surface area contributed by atoms with E-state index in [2.05, 4.69) is 20.0 Å². The van der Waals surface area contributed by atoms with E-state index in [4.69, 9.17) is 9.47 Å². The Kier molecular flexibility index (Phi) is 5.78. The monoisotopic (exact) mass is 443 g/mol. The summed E-state index contributed by atoms with van der Waals surface area (Å²) in [7, 11) is -2.28. The third-order valence-corrected chi connectivity index (χ3v) is 5.80. The van der Waals surface area contributed by atoms with E-state index in [-0.39, 0.29) is 23.9 Å². The lowest BCUT2D eigenvalue weighted by molar-refractivity contribution is 0.306. The van der Waals surface area contributed by atoms with Gasteiger partial charge >= 0.3 is 0 Å². The van der Waals surface area contributed by atoms with E-state index >= 15 is 0 Å². The molecule has 0 unspecified atom stereocenters. The van der Waals surface area contributed by atoms with Crippen molar-refractivity contribution in [2.45, 2.75) is 4.90 Å². The van der Waals surface area contributed by atoms with Gasteiger partial charge in [0.15, 0.2) is 11.5 Å². The molecule has 0 saturated heterocycles. The molecule has 1 N–H and O–H groups in total. The first-order valence-electron chi connectivity index (χ1n) is 9.22. The van der Waals surface area contributed by atoms with Crippen LogP contribution < -0.4 is 14.2 Å². The van der Waals surface area contributed by atoms with Crippen molar-refractivity contribution in [3.63, 3.8) is 0 Å². The maximum atomic E-state index is 13.3. The second-order valence-electron chi connectivity index (χ2n) is 6.37. The predicted molar refractivity (Wildman–Crippen MR) is 110 cm³/mol. The lowest BCUT2D eigenvalue weighted by Crippen LogP contribution is -2.28. The van der Waals surface area contributed by atoms with Crippen LogP contribution in [0, 0.1) is 5.82 Å². The Morgan fingerprint density at radius 2 is 1.90 bits per heavy atom. The van der Waals surface area contributed by atoms with Crippen LogP contribution in [0.3, 0.4) is 0 Å². The lowest BCUT2D eigenvalue weighted by atomic mass is 10.2. The summed E-state index contributed by atoms with van der Waals surface area (Å²) in [4.78, 5) is -0.155. The van der Waals surface area contributed by atoms with Crippen molar-refractivity contribution in [2.24, 2.45) is 0 Å². The highest BCUT2D eigenvalue weighted by Crippen LogP contribution is 2.28. The lowest BCUT2D eigenvalue weighted by Gasteiger charge is -2.09. The van der Waals surface area contributed by atoms with Crippen LogP contribution in [-0.4, -0.2) is 48.5 Å². The number of fused-ring (bicyclic) bond motifs is 1. The second-order valence-corrected chi connectivity index (χ2v) is 8.14. The first-order chi connectivity index (χ1) is 15.0. The van der Waals surface area contributed by atoms with E-state index in [1.165, 1.54) is 22.7 Å². The maximum Gasteiger partial charge on any atom is 0.240 e. The molecule has 2 aromatic carbocycles. The molecule has 0 fully saturated rings. The van der Waals surface area contributed by atoms with Crippen molar-refractivity contribution in [1.82, 2.24) is 24.5 Å². The molecule has 4 aromatic rings. The number of halogens is 1. The van der Waals surface area contributed by atoms with Gasteiger partial charge in [-0.15, -0.1) is 15.3 Å². The molecule has 160 valence electrons. The van der Waals surface area contributed by atoms with Crippen LogP contribution in [0.2, 0.25) is 0 Å². The Balaban J connectivity index is 1.46. The van der Waals surface area contributed by atoms with Gasteiger partial charge in [-0.3, -0.25) is 0 Å². The smallest absolute Gasteiger partial charge is 0.240 e. The van der Waals surface area contributed by atoms with Crippen LogP contribution in [0.5, 0.6) is 11.6 Å². The molecule has 2 heterocycles. The summed E-state index contributed by atoms with van der Waals surface area (Å²) in [5.74, 6) is 0.728. The summed E-state index contributed by atoms with van der Waals surface area (Å²) in [6.45, 7) is -0.0146. The third kappa shape index (κ3) is 4.47. The van der Waals surface area contributed by atoms with Gasteiger partial charge in [0, 0.05) is 12.6 Å². The van der Waals surface area contributed by atoms with Gasteiger partial charge < -0.3 is 9.47 Å². The zero-order valence-electron chi connectivity index (χ0n) is 16.4. The number of para-hydroxylation sites is 1. The molecule has 4 rings (SSSR count). The minimum Gasteiger partial charge on any atom is -0.496 e. The van der Waals surface area contributed by atoms with E-state index in [0.717, 1.165) is 6.07 Å². The summed E-state index contributed by atoms with van der Waals surface area (Å²) in [6, 6.07) is 15.4. The number of hydrogen-bond acceptors (Lipinski definition) is 7. The first kappa shape index (κ1) is 20.7. The number of nitrogens with zero attached hydrogens (tertiary/aromatic N) is 4. The largest absolute Gasteiger partial charge is 0.496 e. The quantitative estimate of drug-likeness (QED) is 0.416. The standard InChI is InChI=1S/C20H18FN5O4S/c1-29-17-8-3-2-7-16(17)20-24-23-18-9-10-19(25-26(18)20)30-12-11-22-31(27,28)15-6-4-5-14(21)13-15/h2-10,13,22H,11-12H2,1H3. The second kappa shape index (κ2) is 8.66. The van der Waals surface area contributed by atoms with Gasteiger partial charge in [-0.1, -0.05) is 18.2 Å². The number of hydrogen-bond donors (Lipinski definition) is 1. The van der Waals surface area contributed by atoms with Crippen LogP contribution in [0.25, 0.3) is 17.0 Å². The fraction of sp³-hybridized carbons (Fsp3) is 0.150. The van der Waals surface area contributed by atoms with Gasteiger partial charge in [-0.05, 0) is 36.4 Å². The average Bonchev–Trinajstić information content (AvgIpc) is 3.20. The topological polar surface area (TPSA) is 108 Å². The number of aromatic nitrogens is 4. The summed E-state index contributed by atoms with van der Waals surface area (Å²) >= 11 is 0. The molecule has 2 aromatic heterocycles. The number of nitrogens with one attached hydrogen (secondary N) is 1. The van der Waals surface area contributed by atoms with E-state index < -0.39 is 15.8 Å². The van der Waals surface area contributed by atoms with Crippen LogP contribution in [-0.2, 0) is 10.0 Å². The number of benzene rings is 2. The fourth-order valence-electron chi connectivity index (χ4n) is 2.90. The molecular formula is C20H18FN5O4S. The predicted octanol–water partition coefficient (Wildman–Crippen LogP) is 2.30. The van der Waals surface area contributed by atoms with E-state index in [9.17, 15) is 12.8 Å². The molecule has 0 amide bonds. The molecule has 11 heteroatoms. The van der Waals surface area contributed by atoms with Crippen molar-refractivity contribution in [3.8, 4) is 23.0 Å². The Morgan fingerprint density at radius 3 is 2.71 bits per heavy atom. The van der Waals surface area contributed by atoms with Crippen LogP contribution in [0.15, 0.2) is 65.6 Å². The Bertz CT molecular complexity index is 1330. The first-order valence-corrected chi connectivity index (χ1v) is 10.7. The fourth-order valence-corrected chi connectivity index (χ4v) is 3.94. The number of rotatable bonds is 8. The Hall–Kier alpha value is -3.57. The highest BCUT2D eigenvalue weighted by molar-refractivity contribution is 7.89. The van der Waals surface area contributed by atoms with Gasteiger partial charge in [0.1, 0.15) is 18.2 Å². The van der Waals surface area contributed by atoms with Gasteiger partial charge in [0.2, 0.25) is 15.9 Å². The molecule has 0 saturated carbocycles. The highest BCUT2D eigenvalue weighted by Gasteiger charge is 2.16. The van der Waals surface area contributed by atoms with E-state index in [0.29, 0.717) is 22.8 Å². The van der Waals surface area contributed by atoms with Crippen molar-refractivity contribution in [2.75, 3.05) is 20.3 Å². The third-order valence-electron chi connectivity index (χ3n) is 4.34. The molecule has 31 heavy (non-hydrogen) atoms. The minimum absolute atomic E-state index is 0.0131. The van der Waals surface area contributed by atoms with Gasteiger partial charge in [0.25, 0.3) is 0 Å². The SMILES string of the molecule is COc1ccccc1-c1nnc2ccc(OCCNS(=O)(=O)c3cccc(F)c3)nn12. The summed E-state index contributed by atoms with van der Waals surface area (Å²) < 4.78 is 52.5. The number of ether oxygens (including phenoxy) is 2. The van der Waals surface area contributed by atoms with Crippen LogP contribution in [0.1, 0.15) is 0 Å². The van der Waals surface area contributed by atoms with Gasteiger partial charge in [0.05, 0.1) is 17.6 Å². The van der Waals surface area contributed by atoms with Crippen molar-refractivity contribution in [3.05, 3.63) is 66.5 Å². The van der Waals surface area contributed by atoms with Crippen molar-refractivity contribution < 1.29 is 22.3 Å². The maximum absolute atomic E-state index is 13.3. The van der Waals surface area contributed by atoms with Crippen LogP contribution >= 0.6 is 0 Å². The molecule has 0 aliphatic rings. The average molecular weight is 443 g/mol. The van der Waals surface area contributed by atoms with Gasteiger partial charge in [-0.2, -0.15) is 4.52 Å². The molecular weight excluding hydrogens is 425 g/mol. The minimum atomic E-state index is -3.84. The number of sulfonamides is 1. The van der Waals surface area contributed by atoms with E-state index in [1.807, 2.05) is 24.3 Å². The highest BCUT2D eigenvalue weighted by atomic mass is 32.2. The molecule has 9 nitrogen and oxygen atoms in total. The molecule has 0 atom stereocenters. The Morgan fingerprint density at radius 1 is 1.06 bits per heavy atom. The summed E-state index contributed by atoms with van der Waals surface area (Å²) in [6.07, 6.45) is 0. The van der Waals surface area contributed by atoms with E-state index in [1.54, 1.807) is 19.2 Å². The molecule has 0 aliphatic carbocycles. The zero-order valence-corrected chi connectivity index (χ0v) is 17.2.